The molecule has 0 aliphatic rings. The van der Waals surface area contributed by atoms with Crippen molar-refractivity contribution in [2.45, 2.75) is 26.5 Å². The van der Waals surface area contributed by atoms with Gasteiger partial charge < -0.3 is 15.0 Å². The topological polar surface area (TPSA) is 53.1 Å². The Kier molecular flexibility index (Phi) is 4.74. The molecule has 1 aromatic carbocycles. The van der Waals surface area contributed by atoms with Gasteiger partial charge in [-0.15, -0.1) is 0 Å². The summed E-state index contributed by atoms with van der Waals surface area (Å²) in [6.45, 7) is 4.75. The summed E-state index contributed by atoms with van der Waals surface area (Å²) in [6.07, 6.45) is 1.07. The van der Waals surface area contributed by atoms with Crippen molar-refractivity contribution < 1.29 is 4.74 Å². The third-order valence-corrected chi connectivity index (χ3v) is 3.22. The highest BCUT2D eigenvalue weighted by Gasteiger charge is 2.10. The van der Waals surface area contributed by atoms with Crippen molar-refractivity contribution in [1.82, 2.24) is 9.55 Å². The summed E-state index contributed by atoms with van der Waals surface area (Å²) in [5.41, 5.74) is 7.59. The average Bonchev–Trinajstić information content (AvgIpc) is 2.68. The maximum absolute atomic E-state index is 5.50. The average molecular weight is 312 g/mol. The molecule has 0 fully saturated rings. The van der Waals surface area contributed by atoms with E-state index in [2.05, 4.69) is 38.5 Å². The van der Waals surface area contributed by atoms with Crippen LogP contribution in [0.15, 0.2) is 22.7 Å². The molecule has 0 spiro atoms. The molecule has 2 rings (SSSR count). The minimum atomic E-state index is 0.517. The first-order valence-electron chi connectivity index (χ1n) is 6.18. The van der Waals surface area contributed by atoms with Crippen molar-refractivity contribution in [3.8, 4) is 0 Å². The Morgan fingerprint density at radius 1 is 1.44 bits per heavy atom. The van der Waals surface area contributed by atoms with Crippen molar-refractivity contribution in [2.24, 2.45) is 5.73 Å². The van der Waals surface area contributed by atoms with E-state index in [1.807, 2.05) is 12.1 Å². The predicted molar refractivity (Wildman–Crippen MR) is 76.4 cm³/mol. The second-order valence-corrected chi connectivity index (χ2v) is 5.07. The highest BCUT2D eigenvalue weighted by atomic mass is 79.9. The number of hydrogen-bond donors (Lipinski definition) is 1. The molecule has 1 aromatic heterocycles. The standard InChI is InChI=1S/C13H18BrN3O/c1-2-6-17-12-4-3-10(14)8-11(12)16-13(17)9-18-7-5-15/h3-4,8H,2,5-7,9,15H2,1H3. The Morgan fingerprint density at radius 3 is 3.00 bits per heavy atom. The Labute approximate surface area is 115 Å². The summed E-state index contributed by atoms with van der Waals surface area (Å²) in [5.74, 6) is 0.971. The van der Waals surface area contributed by atoms with E-state index < -0.39 is 0 Å². The number of fused-ring (bicyclic) bond motifs is 1. The molecule has 0 amide bonds. The maximum Gasteiger partial charge on any atom is 0.135 e. The van der Waals surface area contributed by atoms with Gasteiger partial charge in [-0.1, -0.05) is 22.9 Å². The molecule has 0 aliphatic heterocycles. The number of benzene rings is 1. The molecule has 0 saturated carbocycles. The van der Waals surface area contributed by atoms with Crippen molar-refractivity contribution in [1.29, 1.82) is 0 Å². The second-order valence-electron chi connectivity index (χ2n) is 4.15. The molecule has 0 radical (unpaired) electrons. The molecule has 0 saturated heterocycles. The molecule has 4 nitrogen and oxygen atoms in total. The zero-order chi connectivity index (χ0) is 13.0. The SMILES string of the molecule is CCCn1c(COCCN)nc2cc(Br)ccc21. The van der Waals surface area contributed by atoms with Crippen LogP contribution in [0.1, 0.15) is 19.2 Å². The van der Waals surface area contributed by atoms with Gasteiger partial charge >= 0.3 is 0 Å². The van der Waals surface area contributed by atoms with Crippen molar-refractivity contribution in [3.63, 3.8) is 0 Å². The van der Waals surface area contributed by atoms with E-state index in [-0.39, 0.29) is 0 Å². The zero-order valence-electron chi connectivity index (χ0n) is 10.5. The largest absolute Gasteiger partial charge is 0.372 e. The highest BCUT2D eigenvalue weighted by Crippen LogP contribution is 2.21. The number of hydrogen-bond acceptors (Lipinski definition) is 3. The van der Waals surface area contributed by atoms with Crippen LogP contribution in [0, 0.1) is 0 Å². The predicted octanol–water partition coefficient (Wildman–Crippen LogP) is 2.68. The Hall–Kier alpha value is -0.910. The van der Waals surface area contributed by atoms with Gasteiger partial charge in [-0.3, -0.25) is 0 Å². The molecule has 2 aromatic rings. The zero-order valence-corrected chi connectivity index (χ0v) is 12.1. The number of aryl methyl sites for hydroxylation is 1. The number of ether oxygens (including phenoxy) is 1. The van der Waals surface area contributed by atoms with Crippen LogP contribution in [-0.2, 0) is 17.9 Å². The lowest BCUT2D eigenvalue weighted by molar-refractivity contribution is 0.120. The first-order chi connectivity index (χ1) is 8.76. The van der Waals surface area contributed by atoms with Gasteiger partial charge in [-0.05, 0) is 24.6 Å². The summed E-state index contributed by atoms with van der Waals surface area (Å²) < 4.78 is 8.76. The first kappa shape index (κ1) is 13.5. The van der Waals surface area contributed by atoms with Crippen LogP contribution in [0.3, 0.4) is 0 Å². The maximum atomic E-state index is 5.50. The summed E-state index contributed by atoms with van der Waals surface area (Å²) in [4.78, 5) is 4.63. The number of halogens is 1. The molecule has 0 bridgehead atoms. The van der Waals surface area contributed by atoms with Gasteiger partial charge in [0.15, 0.2) is 0 Å². The highest BCUT2D eigenvalue weighted by molar-refractivity contribution is 9.10. The van der Waals surface area contributed by atoms with Crippen LogP contribution in [0.2, 0.25) is 0 Å². The van der Waals surface area contributed by atoms with Crippen LogP contribution >= 0.6 is 15.9 Å². The number of rotatable bonds is 6. The number of aromatic nitrogens is 2. The van der Waals surface area contributed by atoms with E-state index in [4.69, 9.17) is 10.5 Å². The lowest BCUT2D eigenvalue weighted by Gasteiger charge is -2.07. The van der Waals surface area contributed by atoms with Gasteiger partial charge in [-0.2, -0.15) is 0 Å². The number of nitrogens with zero attached hydrogens (tertiary/aromatic N) is 2. The van der Waals surface area contributed by atoms with Gasteiger partial charge in [0.2, 0.25) is 0 Å². The van der Waals surface area contributed by atoms with Crippen LogP contribution in [0.25, 0.3) is 11.0 Å². The summed E-state index contributed by atoms with van der Waals surface area (Å²) in [6, 6.07) is 6.17. The molecule has 98 valence electrons. The number of nitrogens with two attached hydrogens (primary N) is 1. The van der Waals surface area contributed by atoms with Crippen molar-refractivity contribution >= 4 is 27.0 Å². The van der Waals surface area contributed by atoms with Crippen LogP contribution < -0.4 is 5.73 Å². The first-order valence-corrected chi connectivity index (χ1v) is 6.98. The van der Waals surface area contributed by atoms with E-state index in [0.717, 1.165) is 34.3 Å². The van der Waals surface area contributed by atoms with E-state index in [1.165, 1.54) is 0 Å². The molecule has 2 N–H and O–H groups in total. The van der Waals surface area contributed by atoms with Gasteiger partial charge in [0.1, 0.15) is 12.4 Å². The summed E-state index contributed by atoms with van der Waals surface area (Å²) in [7, 11) is 0. The second kappa shape index (κ2) is 6.31. The van der Waals surface area contributed by atoms with Crippen molar-refractivity contribution in [3.05, 3.63) is 28.5 Å². The minimum Gasteiger partial charge on any atom is -0.372 e. The molecule has 1 heterocycles. The van der Waals surface area contributed by atoms with E-state index in [0.29, 0.717) is 19.8 Å². The third kappa shape index (κ3) is 2.91. The van der Waals surface area contributed by atoms with E-state index in [1.54, 1.807) is 0 Å². The molecule has 18 heavy (non-hydrogen) atoms. The van der Waals surface area contributed by atoms with Gasteiger partial charge in [0, 0.05) is 17.6 Å². The fourth-order valence-electron chi connectivity index (χ4n) is 1.98. The molecule has 5 heteroatoms. The fourth-order valence-corrected chi connectivity index (χ4v) is 2.33. The minimum absolute atomic E-state index is 0.517. The van der Waals surface area contributed by atoms with Crippen LogP contribution in [0.5, 0.6) is 0 Å². The lowest BCUT2D eigenvalue weighted by atomic mass is 10.3. The summed E-state index contributed by atoms with van der Waals surface area (Å²) >= 11 is 3.47. The third-order valence-electron chi connectivity index (χ3n) is 2.73. The molecule has 0 unspecified atom stereocenters. The fraction of sp³-hybridized carbons (Fsp3) is 0.462. The Balaban J connectivity index is 2.34. The molecular formula is C13H18BrN3O. The molecule has 0 atom stereocenters. The molecule has 0 aliphatic carbocycles. The van der Waals surface area contributed by atoms with Crippen LogP contribution in [0.4, 0.5) is 0 Å². The summed E-state index contributed by atoms with van der Waals surface area (Å²) in [5, 5.41) is 0. The van der Waals surface area contributed by atoms with Crippen LogP contribution in [-0.4, -0.2) is 22.7 Å². The van der Waals surface area contributed by atoms with E-state index in [9.17, 15) is 0 Å². The van der Waals surface area contributed by atoms with Gasteiger partial charge in [0.05, 0.1) is 17.6 Å². The monoisotopic (exact) mass is 311 g/mol. The number of imidazole rings is 1. The molecular weight excluding hydrogens is 294 g/mol. The smallest absolute Gasteiger partial charge is 0.135 e. The Morgan fingerprint density at radius 2 is 2.28 bits per heavy atom. The normalized spacial score (nSPS) is 11.3. The lowest BCUT2D eigenvalue weighted by Crippen LogP contribution is -2.11. The quantitative estimate of drug-likeness (QED) is 0.834. The van der Waals surface area contributed by atoms with Gasteiger partial charge in [0.25, 0.3) is 0 Å². The Bertz CT molecular complexity index is 524. The van der Waals surface area contributed by atoms with Crippen molar-refractivity contribution in [2.75, 3.05) is 13.2 Å². The van der Waals surface area contributed by atoms with Gasteiger partial charge in [-0.25, -0.2) is 4.98 Å². The van der Waals surface area contributed by atoms with E-state index >= 15 is 0 Å².